The Hall–Kier alpha value is -3.03. The lowest BCUT2D eigenvalue weighted by atomic mass is 10.1. The largest absolute Gasteiger partial charge is 0.439 e. The summed E-state index contributed by atoms with van der Waals surface area (Å²) in [5, 5.41) is 15.1. The molecule has 1 atom stereocenters. The highest BCUT2D eigenvalue weighted by Gasteiger charge is 2.22. The van der Waals surface area contributed by atoms with Crippen LogP contribution in [0.25, 0.3) is 5.69 Å². The molecule has 176 valence electrons. The summed E-state index contributed by atoms with van der Waals surface area (Å²) in [5.41, 5.74) is 2.27. The molecule has 2 aromatic carbocycles. The summed E-state index contributed by atoms with van der Waals surface area (Å²) in [6, 6.07) is 11.8. The molecule has 0 aliphatic heterocycles. The van der Waals surface area contributed by atoms with Crippen LogP contribution in [-0.4, -0.2) is 39.0 Å². The summed E-state index contributed by atoms with van der Waals surface area (Å²) in [7, 11) is 0. The molecule has 0 saturated carbocycles. The van der Waals surface area contributed by atoms with Crippen LogP contribution in [0.3, 0.4) is 0 Å². The summed E-state index contributed by atoms with van der Waals surface area (Å²) in [5.74, 6) is 0.251. The molecule has 0 aliphatic carbocycles. The molecule has 0 spiro atoms. The molecule has 5 nitrogen and oxygen atoms in total. The van der Waals surface area contributed by atoms with Crippen molar-refractivity contribution in [1.29, 1.82) is 0 Å². The standard InChI is InChI=1S/C26H31F2N3O2/c1-4-6-7-23(32)17-30(16-5-2)18-25-19(3)29-31(22-12-8-20(27)9-13-22)26(25)33-24-14-10-21(28)11-15-24/h4,8-15,23,32H,1,5-7,16-18H2,2-3H3/t23-/m0/s1. The number of benzene rings is 2. The SMILES string of the molecule is C=CCC[C@H](O)CN(CCC)Cc1c(C)nn(-c2ccc(F)cc2)c1Oc1ccc(F)cc1. The quantitative estimate of drug-likeness (QED) is 0.351. The molecule has 7 heteroatoms. The van der Waals surface area contributed by atoms with Crippen LogP contribution in [-0.2, 0) is 6.54 Å². The van der Waals surface area contributed by atoms with Crippen LogP contribution >= 0.6 is 0 Å². The Morgan fingerprint density at radius 1 is 1.12 bits per heavy atom. The lowest BCUT2D eigenvalue weighted by molar-refractivity contribution is 0.102. The first-order valence-corrected chi connectivity index (χ1v) is 11.2. The Labute approximate surface area is 193 Å². The van der Waals surface area contributed by atoms with Gasteiger partial charge in [-0.15, -0.1) is 6.58 Å². The number of aromatic nitrogens is 2. The number of aryl methyl sites for hydroxylation is 1. The molecular formula is C26H31F2N3O2. The maximum absolute atomic E-state index is 13.5. The molecule has 0 saturated heterocycles. The number of hydrogen-bond donors (Lipinski definition) is 1. The average molecular weight is 456 g/mol. The molecule has 3 aromatic rings. The second-order valence-electron chi connectivity index (χ2n) is 8.07. The highest BCUT2D eigenvalue weighted by Crippen LogP contribution is 2.32. The summed E-state index contributed by atoms with van der Waals surface area (Å²) in [6.45, 7) is 9.53. The highest BCUT2D eigenvalue weighted by molar-refractivity contribution is 5.43. The van der Waals surface area contributed by atoms with E-state index in [-0.39, 0.29) is 11.6 Å². The predicted molar refractivity (Wildman–Crippen MR) is 126 cm³/mol. The first kappa shape index (κ1) is 24.6. The molecule has 0 fully saturated rings. The Morgan fingerprint density at radius 3 is 2.36 bits per heavy atom. The Bertz CT molecular complexity index is 1030. The number of hydrogen-bond acceptors (Lipinski definition) is 4. The predicted octanol–water partition coefficient (Wildman–Crippen LogP) is 5.79. The molecule has 0 bridgehead atoms. The number of aliphatic hydroxyl groups is 1. The number of ether oxygens (including phenoxy) is 1. The molecule has 1 aromatic heterocycles. The van der Waals surface area contributed by atoms with Gasteiger partial charge in [0.25, 0.3) is 0 Å². The normalized spacial score (nSPS) is 12.2. The Balaban J connectivity index is 1.96. The van der Waals surface area contributed by atoms with E-state index in [2.05, 4.69) is 23.5 Å². The van der Waals surface area contributed by atoms with Crippen molar-refractivity contribution < 1.29 is 18.6 Å². The summed E-state index contributed by atoms with van der Waals surface area (Å²) in [4.78, 5) is 2.17. The number of aliphatic hydroxyl groups excluding tert-OH is 1. The lowest BCUT2D eigenvalue weighted by Gasteiger charge is -2.25. The number of rotatable bonds is 12. The van der Waals surface area contributed by atoms with Crippen molar-refractivity contribution in [1.82, 2.24) is 14.7 Å². The minimum atomic E-state index is -0.469. The van der Waals surface area contributed by atoms with Crippen molar-refractivity contribution in [2.45, 2.75) is 45.8 Å². The molecule has 1 N–H and O–H groups in total. The van der Waals surface area contributed by atoms with Crippen LogP contribution in [0, 0.1) is 18.6 Å². The second kappa shape index (κ2) is 11.7. The molecule has 0 unspecified atom stereocenters. The molecule has 1 heterocycles. The smallest absolute Gasteiger partial charge is 0.227 e. The first-order chi connectivity index (χ1) is 15.9. The Kier molecular flexibility index (Phi) is 8.74. The van der Waals surface area contributed by atoms with E-state index < -0.39 is 6.10 Å². The third kappa shape index (κ3) is 6.73. The van der Waals surface area contributed by atoms with E-state index in [1.54, 1.807) is 35.0 Å². The van der Waals surface area contributed by atoms with Gasteiger partial charge in [-0.2, -0.15) is 5.10 Å². The zero-order valence-electron chi connectivity index (χ0n) is 19.2. The van der Waals surface area contributed by atoms with E-state index in [1.807, 2.05) is 6.92 Å². The molecule has 3 rings (SSSR count). The van der Waals surface area contributed by atoms with Gasteiger partial charge < -0.3 is 9.84 Å². The van der Waals surface area contributed by atoms with Gasteiger partial charge in [0, 0.05) is 13.1 Å². The average Bonchev–Trinajstić information content (AvgIpc) is 3.09. The zero-order chi connectivity index (χ0) is 23.8. The van der Waals surface area contributed by atoms with Crippen molar-refractivity contribution in [3.8, 4) is 17.3 Å². The van der Waals surface area contributed by atoms with Gasteiger partial charge in [-0.3, -0.25) is 4.90 Å². The van der Waals surface area contributed by atoms with E-state index in [0.717, 1.165) is 30.6 Å². The summed E-state index contributed by atoms with van der Waals surface area (Å²) < 4.78 is 34.7. The van der Waals surface area contributed by atoms with Crippen LogP contribution < -0.4 is 4.74 Å². The van der Waals surface area contributed by atoms with Crippen LogP contribution in [0.5, 0.6) is 11.6 Å². The van der Waals surface area contributed by atoms with Gasteiger partial charge in [0.1, 0.15) is 17.4 Å². The summed E-state index contributed by atoms with van der Waals surface area (Å²) in [6.07, 6.45) is 3.66. The van der Waals surface area contributed by atoms with E-state index in [1.165, 1.54) is 24.3 Å². The molecule has 0 radical (unpaired) electrons. The van der Waals surface area contributed by atoms with Gasteiger partial charge in [0.05, 0.1) is 23.0 Å². The second-order valence-corrected chi connectivity index (χ2v) is 8.07. The number of nitrogens with zero attached hydrogens (tertiary/aromatic N) is 3. The highest BCUT2D eigenvalue weighted by atomic mass is 19.1. The maximum atomic E-state index is 13.5. The van der Waals surface area contributed by atoms with Gasteiger partial charge in [0.15, 0.2) is 0 Å². The third-order valence-corrected chi connectivity index (χ3v) is 5.33. The van der Waals surface area contributed by atoms with Gasteiger partial charge >= 0.3 is 0 Å². The fraction of sp³-hybridized carbons (Fsp3) is 0.346. The van der Waals surface area contributed by atoms with Gasteiger partial charge in [-0.25, -0.2) is 13.5 Å². The van der Waals surface area contributed by atoms with Crippen LogP contribution in [0.15, 0.2) is 61.2 Å². The van der Waals surface area contributed by atoms with Gasteiger partial charge in [0.2, 0.25) is 5.88 Å². The maximum Gasteiger partial charge on any atom is 0.227 e. The van der Waals surface area contributed by atoms with E-state index in [9.17, 15) is 13.9 Å². The van der Waals surface area contributed by atoms with Crippen LogP contribution in [0.1, 0.15) is 37.4 Å². The van der Waals surface area contributed by atoms with Gasteiger partial charge in [-0.05, 0) is 81.3 Å². The molecule has 33 heavy (non-hydrogen) atoms. The molecule has 0 aliphatic rings. The van der Waals surface area contributed by atoms with Crippen molar-refractivity contribution in [2.24, 2.45) is 0 Å². The monoisotopic (exact) mass is 455 g/mol. The first-order valence-electron chi connectivity index (χ1n) is 11.2. The molecule has 0 amide bonds. The van der Waals surface area contributed by atoms with Crippen LogP contribution in [0.2, 0.25) is 0 Å². The molecular weight excluding hydrogens is 424 g/mol. The van der Waals surface area contributed by atoms with Gasteiger partial charge in [-0.1, -0.05) is 13.0 Å². The zero-order valence-corrected chi connectivity index (χ0v) is 19.2. The van der Waals surface area contributed by atoms with Crippen molar-refractivity contribution in [3.63, 3.8) is 0 Å². The lowest BCUT2D eigenvalue weighted by Crippen LogP contribution is -2.33. The van der Waals surface area contributed by atoms with Crippen LogP contribution in [0.4, 0.5) is 8.78 Å². The number of allylic oxidation sites excluding steroid dienone is 1. The summed E-state index contributed by atoms with van der Waals surface area (Å²) >= 11 is 0. The fourth-order valence-corrected chi connectivity index (χ4v) is 3.67. The minimum Gasteiger partial charge on any atom is -0.439 e. The third-order valence-electron chi connectivity index (χ3n) is 5.33. The van der Waals surface area contributed by atoms with E-state index in [0.29, 0.717) is 36.8 Å². The van der Waals surface area contributed by atoms with Crippen molar-refractivity contribution >= 4 is 0 Å². The Morgan fingerprint density at radius 2 is 1.76 bits per heavy atom. The minimum absolute atomic E-state index is 0.341. The van der Waals surface area contributed by atoms with E-state index >= 15 is 0 Å². The number of halogens is 2. The topological polar surface area (TPSA) is 50.5 Å². The van der Waals surface area contributed by atoms with Crippen molar-refractivity contribution in [2.75, 3.05) is 13.1 Å². The van der Waals surface area contributed by atoms with Crippen molar-refractivity contribution in [3.05, 3.63) is 84.1 Å². The fourth-order valence-electron chi connectivity index (χ4n) is 3.67. The van der Waals surface area contributed by atoms with E-state index in [4.69, 9.17) is 4.74 Å².